The summed E-state index contributed by atoms with van der Waals surface area (Å²) in [5.41, 5.74) is 1.60. The van der Waals surface area contributed by atoms with Gasteiger partial charge in [0.15, 0.2) is 6.61 Å². The van der Waals surface area contributed by atoms with Gasteiger partial charge in [-0.2, -0.15) is 0 Å². The molecule has 0 spiro atoms. The summed E-state index contributed by atoms with van der Waals surface area (Å²) in [4.78, 5) is 24.3. The van der Waals surface area contributed by atoms with Gasteiger partial charge in [-0.05, 0) is 41.8 Å². The minimum atomic E-state index is -0.732. The molecule has 0 aliphatic heterocycles. The maximum absolute atomic E-state index is 12.2. The molecule has 0 aromatic heterocycles. The van der Waals surface area contributed by atoms with Crippen LogP contribution in [0.15, 0.2) is 60.7 Å². The molecule has 5 nitrogen and oxygen atoms in total. The maximum Gasteiger partial charge on any atom is 0.342 e. The summed E-state index contributed by atoms with van der Waals surface area (Å²) in [6.07, 6.45) is 0. The minimum absolute atomic E-state index is 0.0462. The third-order valence-electron chi connectivity index (χ3n) is 4.46. The summed E-state index contributed by atoms with van der Waals surface area (Å²) in [6.45, 7) is 3.15. The van der Waals surface area contributed by atoms with Gasteiger partial charge in [0.05, 0.1) is 6.04 Å². The van der Waals surface area contributed by atoms with Gasteiger partial charge in [-0.25, -0.2) is 4.79 Å². The van der Waals surface area contributed by atoms with Crippen LogP contribution in [0.2, 0.25) is 0 Å². The van der Waals surface area contributed by atoms with Crippen molar-refractivity contribution in [2.75, 3.05) is 6.61 Å². The van der Waals surface area contributed by atoms with Crippen molar-refractivity contribution < 1.29 is 19.4 Å². The van der Waals surface area contributed by atoms with Crippen LogP contribution >= 0.6 is 0 Å². The molecule has 0 heterocycles. The highest BCUT2D eigenvalue weighted by molar-refractivity contribution is 5.94. The number of benzene rings is 3. The summed E-state index contributed by atoms with van der Waals surface area (Å²) in [5.74, 6) is -1.27. The van der Waals surface area contributed by atoms with Gasteiger partial charge in [0.25, 0.3) is 5.91 Å². The van der Waals surface area contributed by atoms with Crippen molar-refractivity contribution in [2.45, 2.75) is 19.9 Å². The summed E-state index contributed by atoms with van der Waals surface area (Å²) in [5, 5.41) is 14.9. The second kappa shape index (κ2) is 7.91. The number of phenols is 1. The van der Waals surface area contributed by atoms with Gasteiger partial charge in [0, 0.05) is 0 Å². The molecule has 3 aromatic carbocycles. The normalized spacial score (nSPS) is 11.8. The molecule has 3 rings (SSSR count). The standard InChI is InChI=1S/C22H21NO4/c1-14-7-5-12-19(21(14)25)22(26)27-13-20(24)23-15(2)17-11-6-9-16-8-3-4-10-18(16)17/h3-12,15,25H,13H2,1-2H3,(H,23,24)/t15-/m0/s1. The molecule has 0 saturated heterocycles. The highest BCUT2D eigenvalue weighted by atomic mass is 16.5. The van der Waals surface area contributed by atoms with Crippen molar-refractivity contribution in [3.63, 3.8) is 0 Å². The van der Waals surface area contributed by atoms with Crippen LogP contribution in [0.4, 0.5) is 0 Å². The lowest BCUT2D eigenvalue weighted by Crippen LogP contribution is -2.31. The first-order valence-corrected chi connectivity index (χ1v) is 8.70. The molecule has 27 heavy (non-hydrogen) atoms. The van der Waals surface area contributed by atoms with Crippen LogP contribution < -0.4 is 5.32 Å². The van der Waals surface area contributed by atoms with Crippen LogP contribution in [0.5, 0.6) is 5.75 Å². The maximum atomic E-state index is 12.2. The van der Waals surface area contributed by atoms with E-state index in [1.807, 2.05) is 49.4 Å². The third-order valence-corrected chi connectivity index (χ3v) is 4.46. The first-order chi connectivity index (χ1) is 13.0. The lowest BCUT2D eigenvalue weighted by Gasteiger charge is -2.17. The molecule has 2 N–H and O–H groups in total. The molecule has 0 aliphatic rings. The first-order valence-electron chi connectivity index (χ1n) is 8.70. The zero-order valence-corrected chi connectivity index (χ0v) is 15.2. The number of amides is 1. The lowest BCUT2D eigenvalue weighted by atomic mass is 10.00. The number of fused-ring (bicyclic) bond motifs is 1. The van der Waals surface area contributed by atoms with Crippen molar-refractivity contribution in [3.8, 4) is 5.75 Å². The molecule has 3 aromatic rings. The molecule has 1 amide bonds. The highest BCUT2D eigenvalue weighted by Gasteiger charge is 2.17. The van der Waals surface area contributed by atoms with E-state index in [1.165, 1.54) is 6.07 Å². The Kier molecular flexibility index (Phi) is 5.41. The Morgan fingerprint density at radius 2 is 1.74 bits per heavy atom. The number of carbonyl (C=O) groups excluding carboxylic acids is 2. The van der Waals surface area contributed by atoms with Gasteiger partial charge in [-0.15, -0.1) is 0 Å². The van der Waals surface area contributed by atoms with Crippen LogP contribution in [-0.2, 0) is 9.53 Å². The smallest absolute Gasteiger partial charge is 0.342 e. The zero-order valence-electron chi connectivity index (χ0n) is 15.2. The van der Waals surface area contributed by atoms with E-state index in [9.17, 15) is 14.7 Å². The minimum Gasteiger partial charge on any atom is -0.507 e. The molecule has 138 valence electrons. The van der Waals surface area contributed by atoms with E-state index in [4.69, 9.17) is 4.74 Å². The number of rotatable bonds is 5. The van der Waals surface area contributed by atoms with E-state index < -0.39 is 18.5 Å². The Hall–Kier alpha value is -3.34. The Morgan fingerprint density at radius 3 is 2.56 bits per heavy atom. The number of carbonyl (C=O) groups is 2. The number of hydrogen-bond donors (Lipinski definition) is 2. The average Bonchev–Trinajstić information content (AvgIpc) is 2.67. The van der Waals surface area contributed by atoms with Gasteiger partial charge in [0.2, 0.25) is 0 Å². The van der Waals surface area contributed by atoms with Crippen molar-refractivity contribution >= 4 is 22.6 Å². The van der Waals surface area contributed by atoms with Crippen molar-refractivity contribution in [2.24, 2.45) is 0 Å². The monoisotopic (exact) mass is 363 g/mol. The summed E-state index contributed by atoms with van der Waals surface area (Å²) < 4.78 is 5.04. The van der Waals surface area contributed by atoms with Crippen molar-refractivity contribution in [1.82, 2.24) is 5.32 Å². The lowest BCUT2D eigenvalue weighted by molar-refractivity contribution is -0.124. The Bertz CT molecular complexity index is 991. The fourth-order valence-electron chi connectivity index (χ4n) is 3.02. The molecular weight excluding hydrogens is 342 g/mol. The first kappa shape index (κ1) is 18.5. The number of aryl methyl sites for hydroxylation is 1. The number of aromatic hydroxyl groups is 1. The van der Waals surface area contributed by atoms with Crippen LogP contribution in [0.1, 0.15) is 34.5 Å². The SMILES string of the molecule is Cc1cccc(C(=O)OCC(=O)N[C@@H](C)c2cccc3ccccc23)c1O. The zero-order chi connectivity index (χ0) is 19.4. The van der Waals surface area contributed by atoms with E-state index in [1.54, 1.807) is 19.1 Å². The second-order valence-electron chi connectivity index (χ2n) is 6.40. The van der Waals surface area contributed by atoms with Gasteiger partial charge in [-0.1, -0.05) is 54.6 Å². The summed E-state index contributed by atoms with van der Waals surface area (Å²) in [7, 11) is 0. The molecular formula is C22H21NO4. The number of para-hydroxylation sites is 1. The van der Waals surface area contributed by atoms with E-state index in [0.29, 0.717) is 5.56 Å². The van der Waals surface area contributed by atoms with Crippen LogP contribution in [0, 0.1) is 6.92 Å². The molecule has 5 heteroatoms. The van der Waals surface area contributed by atoms with Crippen LogP contribution in [-0.4, -0.2) is 23.6 Å². The van der Waals surface area contributed by atoms with Gasteiger partial charge in [0.1, 0.15) is 11.3 Å². The van der Waals surface area contributed by atoms with Gasteiger partial charge < -0.3 is 15.2 Å². The predicted octanol–water partition coefficient (Wildman–Crippen LogP) is 3.89. The molecule has 1 atom stereocenters. The predicted molar refractivity (Wildman–Crippen MR) is 104 cm³/mol. The second-order valence-corrected chi connectivity index (χ2v) is 6.40. The molecule has 0 radical (unpaired) electrons. The van der Waals surface area contributed by atoms with Crippen LogP contribution in [0.25, 0.3) is 10.8 Å². The Labute approximate surface area is 157 Å². The topological polar surface area (TPSA) is 75.6 Å². The number of hydrogen-bond acceptors (Lipinski definition) is 4. The fraction of sp³-hybridized carbons (Fsp3) is 0.182. The van der Waals surface area contributed by atoms with Gasteiger partial charge in [-0.3, -0.25) is 4.79 Å². The molecule has 0 aliphatic carbocycles. The van der Waals surface area contributed by atoms with E-state index in [2.05, 4.69) is 5.32 Å². The van der Waals surface area contributed by atoms with Crippen molar-refractivity contribution in [3.05, 3.63) is 77.4 Å². The number of phenolic OH excluding ortho intramolecular Hbond substituents is 1. The Morgan fingerprint density at radius 1 is 1.04 bits per heavy atom. The van der Waals surface area contributed by atoms with Crippen LogP contribution in [0.3, 0.4) is 0 Å². The quantitative estimate of drug-likeness (QED) is 0.675. The summed E-state index contributed by atoms with van der Waals surface area (Å²) >= 11 is 0. The molecule has 0 bridgehead atoms. The van der Waals surface area contributed by atoms with Gasteiger partial charge >= 0.3 is 5.97 Å². The van der Waals surface area contributed by atoms with Crippen molar-refractivity contribution in [1.29, 1.82) is 0 Å². The molecule has 0 saturated carbocycles. The Balaban J connectivity index is 1.63. The molecule has 0 unspecified atom stereocenters. The average molecular weight is 363 g/mol. The fourth-order valence-corrected chi connectivity index (χ4v) is 3.02. The number of ether oxygens (including phenoxy) is 1. The molecule has 0 fully saturated rings. The van der Waals surface area contributed by atoms with E-state index in [0.717, 1.165) is 16.3 Å². The number of nitrogens with one attached hydrogen (secondary N) is 1. The highest BCUT2D eigenvalue weighted by Crippen LogP contribution is 2.24. The van der Waals surface area contributed by atoms with E-state index in [-0.39, 0.29) is 17.4 Å². The summed E-state index contributed by atoms with van der Waals surface area (Å²) in [6, 6.07) is 18.4. The third kappa shape index (κ3) is 4.08. The largest absolute Gasteiger partial charge is 0.507 e. The number of esters is 1. The van der Waals surface area contributed by atoms with E-state index >= 15 is 0 Å².